The lowest BCUT2D eigenvalue weighted by Gasteiger charge is -2.31. The highest BCUT2D eigenvalue weighted by Crippen LogP contribution is 2.16. The number of methoxy groups -OCH3 is 1. The number of rotatable bonds is 7. The van der Waals surface area contributed by atoms with Crippen molar-refractivity contribution in [3.8, 4) is 0 Å². The third kappa shape index (κ3) is 5.73. The highest BCUT2D eigenvalue weighted by atomic mass is 19.1. The fourth-order valence-corrected chi connectivity index (χ4v) is 2.74. The molecule has 22 heavy (non-hydrogen) atoms. The van der Waals surface area contributed by atoms with Gasteiger partial charge in [-0.1, -0.05) is 12.1 Å². The largest absolute Gasteiger partial charge is 0.383 e. The Balaban J connectivity index is 1.64. The van der Waals surface area contributed by atoms with Gasteiger partial charge in [0.15, 0.2) is 0 Å². The van der Waals surface area contributed by atoms with Gasteiger partial charge in [-0.3, -0.25) is 4.79 Å². The van der Waals surface area contributed by atoms with E-state index >= 15 is 0 Å². The molecule has 0 aliphatic carbocycles. The van der Waals surface area contributed by atoms with Crippen molar-refractivity contribution in [2.24, 2.45) is 5.92 Å². The minimum Gasteiger partial charge on any atom is -0.383 e. The van der Waals surface area contributed by atoms with Gasteiger partial charge in [-0.05, 0) is 49.5 Å². The van der Waals surface area contributed by atoms with Crippen molar-refractivity contribution in [1.29, 1.82) is 0 Å². The van der Waals surface area contributed by atoms with Crippen molar-refractivity contribution in [3.05, 3.63) is 35.6 Å². The Morgan fingerprint density at radius 2 is 2.00 bits per heavy atom. The summed E-state index contributed by atoms with van der Waals surface area (Å²) in [5.74, 6) is 0.286. The molecule has 0 unspecified atom stereocenters. The number of nitrogens with one attached hydrogen (secondary N) is 1. The number of hydrogen-bond donors (Lipinski definition) is 1. The molecule has 2 rings (SSSR count). The molecule has 5 heteroatoms. The van der Waals surface area contributed by atoms with Crippen LogP contribution in [0.15, 0.2) is 24.3 Å². The molecule has 1 aliphatic heterocycles. The van der Waals surface area contributed by atoms with Crippen LogP contribution in [-0.4, -0.2) is 50.7 Å². The maximum atomic E-state index is 12.8. The number of benzene rings is 1. The number of carbonyl (C=O) groups excluding carboxylic acids is 1. The van der Waals surface area contributed by atoms with Crippen LogP contribution in [0.2, 0.25) is 0 Å². The lowest BCUT2D eigenvalue weighted by Crippen LogP contribution is -2.40. The van der Waals surface area contributed by atoms with E-state index in [2.05, 4.69) is 10.2 Å². The monoisotopic (exact) mass is 308 g/mol. The molecule has 122 valence electrons. The highest BCUT2D eigenvalue weighted by Gasteiger charge is 2.19. The topological polar surface area (TPSA) is 41.6 Å². The van der Waals surface area contributed by atoms with Crippen molar-refractivity contribution < 1.29 is 13.9 Å². The van der Waals surface area contributed by atoms with E-state index in [0.29, 0.717) is 12.3 Å². The van der Waals surface area contributed by atoms with Gasteiger partial charge in [0.05, 0.1) is 13.0 Å². The van der Waals surface area contributed by atoms with Crippen LogP contribution in [0.1, 0.15) is 18.4 Å². The zero-order valence-electron chi connectivity index (χ0n) is 13.2. The molecule has 1 fully saturated rings. The van der Waals surface area contributed by atoms with E-state index in [-0.39, 0.29) is 11.7 Å². The molecule has 0 aromatic heterocycles. The number of carbonyl (C=O) groups is 1. The van der Waals surface area contributed by atoms with Crippen LogP contribution in [0.3, 0.4) is 0 Å². The second kappa shape index (κ2) is 8.86. The van der Waals surface area contributed by atoms with Crippen molar-refractivity contribution in [2.45, 2.75) is 19.3 Å². The molecule has 0 saturated carbocycles. The van der Waals surface area contributed by atoms with E-state index in [9.17, 15) is 9.18 Å². The Kier molecular flexibility index (Phi) is 6.80. The van der Waals surface area contributed by atoms with Crippen molar-refractivity contribution in [2.75, 3.05) is 39.9 Å². The molecule has 4 nitrogen and oxygen atoms in total. The Morgan fingerprint density at radius 1 is 1.32 bits per heavy atom. The Morgan fingerprint density at radius 3 is 2.64 bits per heavy atom. The summed E-state index contributed by atoms with van der Waals surface area (Å²) in [7, 11) is 1.73. The number of piperidine rings is 1. The van der Waals surface area contributed by atoms with E-state index in [4.69, 9.17) is 4.74 Å². The molecular weight excluding hydrogens is 283 g/mol. The average Bonchev–Trinajstić information content (AvgIpc) is 2.54. The van der Waals surface area contributed by atoms with Gasteiger partial charge in [0.2, 0.25) is 5.91 Å². The van der Waals surface area contributed by atoms with Crippen LogP contribution < -0.4 is 5.32 Å². The van der Waals surface area contributed by atoms with Crippen molar-refractivity contribution >= 4 is 5.91 Å². The number of amides is 1. The number of nitrogens with zero attached hydrogens (tertiary/aromatic N) is 1. The first-order chi connectivity index (χ1) is 10.7. The van der Waals surface area contributed by atoms with Gasteiger partial charge >= 0.3 is 0 Å². The zero-order chi connectivity index (χ0) is 15.8. The molecule has 0 atom stereocenters. The lowest BCUT2D eigenvalue weighted by atomic mass is 9.96. The minimum absolute atomic E-state index is 0.00780. The maximum Gasteiger partial charge on any atom is 0.224 e. The van der Waals surface area contributed by atoms with E-state index < -0.39 is 0 Å². The zero-order valence-corrected chi connectivity index (χ0v) is 13.2. The summed E-state index contributed by atoms with van der Waals surface area (Å²) in [5.41, 5.74) is 0.841. The number of likely N-dealkylation sites (tertiary alicyclic amines) is 1. The summed E-state index contributed by atoms with van der Waals surface area (Å²) >= 11 is 0. The van der Waals surface area contributed by atoms with Gasteiger partial charge < -0.3 is 15.0 Å². The van der Waals surface area contributed by atoms with Gasteiger partial charge in [0.1, 0.15) is 5.82 Å². The second-order valence-corrected chi connectivity index (χ2v) is 5.89. The lowest BCUT2D eigenvalue weighted by molar-refractivity contribution is -0.120. The van der Waals surface area contributed by atoms with E-state index in [1.807, 2.05) is 0 Å². The molecule has 1 amide bonds. The summed E-state index contributed by atoms with van der Waals surface area (Å²) in [4.78, 5) is 14.3. The summed E-state index contributed by atoms with van der Waals surface area (Å²) in [6, 6.07) is 6.09. The van der Waals surface area contributed by atoms with E-state index in [1.54, 1.807) is 19.2 Å². The molecule has 1 N–H and O–H groups in total. The molecule has 0 bridgehead atoms. The summed E-state index contributed by atoms with van der Waals surface area (Å²) in [5, 5.41) is 3.00. The third-order valence-electron chi connectivity index (χ3n) is 4.18. The first kappa shape index (κ1) is 16.9. The Labute approximate surface area is 131 Å². The van der Waals surface area contributed by atoms with Crippen LogP contribution in [0.4, 0.5) is 4.39 Å². The number of ether oxygens (including phenoxy) is 1. The molecular formula is C17H25FN2O2. The number of hydrogen-bond acceptors (Lipinski definition) is 3. The van der Waals surface area contributed by atoms with Crippen LogP contribution >= 0.6 is 0 Å². The van der Waals surface area contributed by atoms with Crippen LogP contribution in [0.5, 0.6) is 0 Å². The molecule has 1 aromatic rings. The third-order valence-corrected chi connectivity index (χ3v) is 4.18. The average molecular weight is 308 g/mol. The SMILES string of the molecule is COCCN1CCC(CNC(=O)Cc2ccc(F)cc2)CC1. The predicted molar refractivity (Wildman–Crippen MR) is 84.2 cm³/mol. The van der Waals surface area contributed by atoms with Gasteiger partial charge in [0.25, 0.3) is 0 Å². The highest BCUT2D eigenvalue weighted by molar-refractivity contribution is 5.78. The summed E-state index contributed by atoms with van der Waals surface area (Å²) in [6.07, 6.45) is 2.54. The fourth-order valence-electron chi connectivity index (χ4n) is 2.74. The van der Waals surface area contributed by atoms with Crippen LogP contribution in [-0.2, 0) is 16.0 Å². The van der Waals surface area contributed by atoms with Gasteiger partial charge in [-0.15, -0.1) is 0 Å². The fraction of sp³-hybridized carbons (Fsp3) is 0.588. The number of halogens is 1. The second-order valence-electron chi connectivity index (χ2n) is 5.89. The normalized spacial score (nSPS) is 16.6. The Bertz CT molecular complexity index is 456. The van der Waals surface area contributed by atoms with E-state index in [1.165, 1.54) is 12.1 Å². The molecule has 1 aliphatic rings. The smallest absolute Gasteiger partial charge is 0.224 e. The van der Waals surface area contributed by atoms with Crippen LogP contribution in [0.25, 0.3) is 0 Å². The standard InChI is InChI=1S/C17H25FN2O2/c1-22-11-10-20-8-6-15(7-9-20)13-19-17(21)12-14-2-4-16(18)5-3-14/h2-5,15H,6-13H2,1H3,(H,19,21). The predicted octanol–water partition coefficient (Wildman–Crippen LogP) is 1.84. The first-order valence-electron chi connectivity index (χ1n) is 7.90. The van der Waals surface area contributed by atoms with E-state index in [0.717, 1.165) is 51.2 Å². The van der Waals surface area contributed by atoms with Crippen molar-refractivity contribution in [3.63, 3.8) is 0 Å². The summed E-state index contributed by atoms with van der Waals surface area (Å²) < 4.78 is 17.9. The molecule has 0 radical (unpaired) electrons. The molecule has 1 saturated heterocycles. The molecule has 1 aromatic carbocycles. The van der Waals surface area contributed by atoms with Gasteiger partial charge in [-0.25, -0.2) is 4.39 Å². The molecule has 0 spiro atoms. The van der Waals surface area contributed by atoms with Gasteiger partial charge in [0, 0.05) is 20.2 Å². The van der Waals surface area contributed by atoms with Crippen LogP contribution in [0, 0.1) is 11.7 Å². The minimum atomic E-state index is -0.274. The van der Waals surface area contributed by atoms with Gasteiger partial charge in [-0.2, -0.15) is 0 Å². The summed E-state index contributed by atoms with van der Waals surface area (Å²) in [6.45, 7) is 4.64. The van der Waals surface area contributed by atoms with Crippen molar-refractivity contribution in [1.82, 2.24) is 10.2 Å². The molecule has 1 heterocycles. The Hall–Kier alpha value is -1.46. The maximum absolute atomic E-state index is 12.8. The first-order valence-corrected chi connectivity index (χ1v) is 7.90. The quantitative estimate of drug-likeness (QED) is 0.836.